The molecular weight excluding hydrogens is 292 g/mol. The van der Waals surface area contributed by atoms with Crippen LogP contribution in [0.15, 0.2) is 34.9 Å². The SMILES string of the molecule is COc1cc(C)c2c(C(=O)Nc3c(C)cccc3C)noc2c1. The van der Waals surface area contributed by atoms with Gasteiger partial charge in [0.15, 0.2) is 11.3 Å². The number of rotatable bonds is 3. The average molecular weight is 310 g/mol. The van der Waals surface area contributed by atoms with Crippen molar-refractivity contribution >= 4 is 22.6 Å². The van der Waals surface area contributed by atoms with E-state index in [4.69, 9.17) is 9.26 Å². The van der Waals surface area contributed by atoms with Crippen LogP contribution in [0.5, 0.6) is 5.75 Å². The van der Waals surface area contributed by atoms with Crippen LogP contribution in [0.25, 0.3) is 11.0 Å². The quantitative estimate of drug-likeness (QED) is 0.793. The number of hydrogen-bond acceptors (Lipinski definition) is 4. The van der Waals surface area contributed by atoms with E-state index in [2.05, 4.69) is 10.5 Å². The van der Waals surface area contributed by atoms with Gasteiger partial charge in [0.25, 0.3) is 5.91 Å². The van der Waals surface area contributed by atoms with E-state index < -0.39 is 0 Å². The first-order valence-corrected chi connectivity index (χ1v) is 7.33. The van der Waals surface area contributed by atoms with Crippen LogP contribution in [-0.2, 0) is 0 Å². The second-order valence-corrected chi connectivity index (χ2v) is 5.57. The van der Waals surface area contributed by atoms with Gasteiger partial charge in [-0.2, -0.15) is 0 Å². The van der Waals surface area contributed by atoms with Crippen molar-refractivity contribution in [3.8, 4) is 5.75 Å². The first-order valence-electron chi connectivity index (χ1n) is 7.33. The molecule has 0 atom stereocenters. The lowest BCUT2D eigenvalue weighted by Crippen LogP contribution is -2.14. The monoisotopic (exact) mass is 310 g/mol. The second kappa shape index (κ2) is 5.76. The normalized spacial score (nSPS) is 10.8. The predicted molar refractivity (Wildman–Crippen MR) is 89.2 cm³/mol. The Bertz CT molecular complexity index is 876. The lowest BCUT2D eigenvalue weighted by molar-refractivity contribution is 0.101. The van der Waals surface area contributed by atoms with Crippen LogP contribution in [0.3, 0.4) is 0 Å². The summed E-state index contributed by atoms with van der Waals surface area (Å²) in [6.07, 6.45) is 0. The molecular formula is C18H18N2O3. The number of amides is 1. The smallest absolute Gasteiger partial charge is 0.278 e. The van der Waals surface area contributed by atoms with Gasteiger partial charge in [0.05, 0.1) is 12.5 Å². The van der Waals surface area contributed by atoms with Gasteiger partial charge in [-0.1, -0.05) is 23.4 Å². The van der Waals surface area contributed by atoms with Gasteiger partial charge >= 0.3 is 0 Å². The Hall–Kier alpha value is -2.82. The summed E-state index contributed by atoms with van der Waals surface area (Å²) in [6, 6.07) is 9.46. The number of hydrogen-bond donors (Lipinski definition) is 1. The molecule has 5 nitrogen and oxygen atoms in total. The molecule has 0 spiro atoms. The number of fused-ring (bicyclic) bond motifs is 1. The molecule has 3 rings (SSSR count). The summed E-state index contributed by atoms with van der Waals surface area (Å²) in [4.78, 5) is 12.6. The Morgan fingerprint density at radius 2 is 1.83 bits per heavy atom. The molecule has 0 aliphatic rings. The van der Waals surface area contributed by atoms with Crippen LogP contribution in [0.2, 0.25) is 0 Å². The fourth-order valence-electron chi connectivity index (χ4n) is 2.70. The number of ether oxygens (including phenoxy) is 1. The fourth-order valence-corrected chi connectivity index (χ4v) is 2.70. The number of methoxy groups -OCH3 is 1. The van der Waals surface area contributed by atoms with Gasteiger partial charge < -0.3 is 14.6 Å². The summed E-state index contributed by atoms with van der Waals surface area (Å²) in [7, 11) is 1.59. The summed E-state index contributed by atoms with van der Waals surface area (Å²) >= 11 is 0. The number of nitrogens with one attached hydrogen (secondary N) is 1. The first-order chi connectivity index (χ1) is 11.0. The van der Waals surface area contributed by atoms with Gasteiger partial charge in [-0.15, -0.1) is 0 Å². The molecule has 0 bridgehead atoms. The van der Waals surface area contributed by atoms with Crippen molar-refractivity contribution in [1.29, 1.82) is 0 Å². The van der Waals surface area contributed by atoms with Crippen molar-refractivity contribution in [2.24, 2.45) is 0 Å². The molecule has 5 heteroatoms. The van der Waals surface area contributed by atoms with Gasteiger partial charge in [-0.05, 0) is 43.5 Å². The molecule has 0 fully saturated rings. The summed E-state index contributed by atoms with van der Waals surface area (Å²) < 4.78 is 10.5. The Morgan fingerprint density at radius 1 is 1.13 bits per heavy atom. The zero-order valence-corrected chi connectivity index (χ0v) is 13.6. The van der Waals surface area contributed by atoms with Crippen LogP contribution < -0.4 is 10.1 Å². The van der Waals surface area contributed by atoms with E-state index in [-0.39, 0.29) is 11.6 Å². The highest BCUT2D eigenvalue weighted by Gasteiger charge is 2.20. The second-order valence-electron chi connectivity index (χ2n) is 5.57. The third-order valence-corrected chi connectivity index (χ3v) is 3.92. The standard InChI is InChI=1S/C18H18N2O3/c1-10-6-5-7-11(2)16(10)19-18(21)17-15-12(3)8-13(22-4)9-14(15)23-20-17/h5-9H,1-4H3,(H,19,21). The zero-order valence-electron chi connectivity index (χ0n) is 13.6. The van der Waals surface area contributed by atoms with Crippen LogP contribution in [0, 0.1) is 20.8 Å². The largest absolute Gasteiger partial charge is 0.497 e. The Balaban J connectivity index is 2.02. The van der Waals surface area contributed by atoms with Gasteiger partial charge in [-0.25, -0.2) is 0 Å². The lowest BCUT2D eigenvalue weighted by atomic mass is 10.1. The molecule has 0 unspecified atom stereocenters. The highest BCUT2D eigenvalue weighted by molar-refractivity contribution is 6.12. The third-order valence-electron chi connectivity index (χ3n) is 3.92. The third kappa shape index (κ3) is 2.65. The van der Waals surface area contributed by atoms with Crippen molar-refractivity contribution in [3.63, 3.8) is 0 Å². The van der Waals surface area contributed by atoms with E-state index in [1.54, 1.807) is 13.2 Å². The van der Waals surface area contributed by atoms with Gasteiger partial charge in [0, 0.05) is 11.8 Å². The topological polar surface area (TPSA) is 64.4 Å². The van der Waals surface area contributed by atoms with Crippen molar-refractivity contribution in [2.45, 2.75) is 20.8 Å². The van der Waals surface area contributed by atoms with Gasteiger partial charge in [0.2, 0.25) is 0 Å². The van der Waals surface area contributed by atoms with Crippen LogP contribution in [0.4, 0.5) is 5.69 Å². The number of anilines is 1. The van der Waals surface area contributed by atoms with E-state index in [1.165, 1.54) is 0 Å². The number of benzene rings is 2. The number of aryl methyl sites for hydroxylation is 3. The number of aromatic nitrogens is 1. The van der Waals surface area contributed by atoms with E-state index in [0.717, 1.165) is 22.4 Å². The minimum Gasteiger partial charge on any atom is -0.497 e. The van der Waals surface area contributed by atoms with Crippen LogP contribution in [0.1, 0.15) is 27.2 Å². The number of carbonyl (C=O) groups excluding carboxylic acids is 1. The minimum atomic E-state index is -0.283. The minimum absolute atomic E-state index is 0.280. The maximum atomic E-state index is 12.6. The number of para-hydroxylation sites is 1. The van der Waals surface area contributed by atoms with Crippen molar-refractivity contribution in [3.05, 3.63) is 52.7 Å². The van der Waals surface area contributed by atoms with Crippen LogP contribution in [-0.4, -0.2) is 18.2 Å². The molecule has 23 heavy (non-hydrogen) atoms. The van der Waals surface area contributed by atoms with E-state index in [0.29, 0.717) is 16.7 Å². The highest BCUT2D eigenvalue weighted by Crippen LogP contribution is 2.29. The van der Waals surface area contributed by atoms with Crippen molar-refractivity contribution < 1.29 is 14.1 Å². The summed E-state index contributed by atoms with van der Waals surface area (Å²) in [6.45, 7) is 5.82. The Labute approximate surface area is 134 Å². The Morgan fingerprint density at radius 3 is 2.48 bits per heavy atom. The van der Waals surface area contributed by atoms with Crippen molar-refractivity contribution in [1.82, 2.24) is 5.16 Å². The molecule has 3 aromatic rings. The van der Waals surface area contributed by atoms with Crippen molar-refractivity contribution in [2.75, 3.05) is 12.4 Å². The maximum Gasteiger partial charge on any atom is 0.278 e. The van der Waals surface area contributed by atoms with Gasteiger partial charge in [-0.3, -0.25) is 4.79 Å². The Kier molecular flexibility index (Phi) is 3.78. The molecule has 1 amide bonds. The highest BCUT2D eigenvalue weighted by atomic mass is 16.5. The molecule has 2 aromatic carbocycles. The molecule has 0 aliphatic heterocycles. The van der Waals surface area contributed by atoms with E-state index in [9.17, 15) is 4.79 Å². The number of carbonyl (C=O) groups is 1. The molecule has 0 radical (unpaired) electrons. The average Bonchev–Trinajstić information content (AvgIpc) is 2.95. The molecule has 118 valence electrons. The fraction of sp³-hybridized carbons (Fsp3) is 0.222. The van der Waals surface area contributed by atoms with Gasteiger partial charge in [0.1, 0.15) is 5.75 Å². The number of nitrogens with zero attached hydrogens (tertiary/aromatic N) is 1. The zero-order chi connectivity index (χ0) is 16.6. The maximum absolute atomic E-state index is 12.6. The van der Waals surface area contributed by atoms with E-state index in [1.807, 2.05) is 45.0 Å². The van der Waals surface area contributed by atoms with E-state index >= 15 is 0 Å². The molecule has 0 aliphatic carbocycles. The molecule has 1 aromatic heterocycles. The molecule has 1 heterocycles. The molecule has 1 N–H and O–H groups in total. The summed E-state index contributed by atoms with van der Waals surface area (Å²) in [5.41, 5.74) is 4.51. The summed E-state index contributed by atoms with van der Waals surface area (Å²) in [5.74, 6) is 0.391. The molecule has 0 saturated heterocycles. The van der Waals surface area contributed by atoms with Crippen LogP contribution >= 0.6 is 0 Å². The first kappa shape index (κ1) is 15.1. The summed E-state index contributed by atoms with van der Waals surface area (Å²) in [5, 5.41) is 7.58. The molecule has 0 saturated carbocycles. The predicted octanol–water partition coefficient (Wildman–Crippen LogP) is 4.01. The lowest BCUT2D eigenvalue weighted by Gasteiger charge is -2.10.